The van der Waals surface area contributed by atoms with E-state index in [0.717, 1.165) is 67.1 Å². The van der Waals surface area contributed by atoms with E-state index in [4.69, 9.17) is 14.7 Å². The lowest BCUT2D eigenvalue weighted by atomic mass is 9.91. The molecule has 0 radical (unpaired) electrons. The second-order valence-corrected chi connectivity index (χ2v) is 8.49. The predicted molar refractivity (Wildman–Crippen MR) is 128 cm³/mol. The molecule has 6 nitrogen and oxygen atoms in total. The zero-order chi connectivity index (χ0) is 21.6. The van der Waals surface area contributed by atoms with Crippen LogP contribution in [0.15, 0.2) is 48.5 Å². The molecule has 31 heavy (non-hydrogen) atoms. The van der Waals surface area contributed by atoms with Gasteiger partial charge in [-0.15, -0.1) is 0 Å². The Hall–Kier alpha value is -2.86. The minimum atomic E-state index is 0.420. The van der Waals surface area contributed by atoms with Crippen LogP contribution in [-0.4, -0.2) is 49.8 Å². The van der Waals surface area contributed by atoms with E-state index in [1.165, 1.54) is 5.56 Å². The van der Waals surface area contributed by atoms with E-state index in [1.807, 2.05) is 38.4 Å². The fraction of sp³-hybridized carbons (Fsp3) is 0.440. The maximum absolute atomic E-state index is 5.46. The number of aromatic nitrogens is 2. The Morgan fingerprint density at radius 2 is 1.65 bits per heavy atom. The Balaban J connectivity index is 1.29. The van der Waals surface area contributed by atoms with Crippen molar-refractivity contribution in [1.29, 1.82) is 0 Å². The average molecular weight is 420 g/mol. The molecule has 1 heterocycles. The van der Waals surface area contributed by atoms with Crippen LogP contribution >= 0.6 is 0 Å². The molecule has 0 bridgehead atoms. The molecule has 3 aromatic rings. The van der Waals surface area contributed by atoms with E-state index in [-0.39, 0.29) is 0 Å². The number of rotatable bonds is 8. The highest BCUT2D eigenvalue weighted by molar-refractivity contribution is 5.90. The Morgan fingerprint density at radius 1 is 0.935 bits per heavy atom. The molecule has 1 aromatic heterocycles. The summed E-state index contributed by atoms with van der Waals surface area (Å²) in [6.45, 7) is 0.975. The zero-order valence-corrected chi connectivity index (χ0v) is 18.8. The fourth-order valence-electron chi connectivity index (χ4n) is 4.41. The standard InChI is InChI=1S/C25H33N5O/c1-30(2)24-21-9-5-6-10-22(21)28-25(29-24)27-20-14-12-19(13-15-20)26-17-16-18-8-4-7-11-23(18)31-3/h4-11,19-20,26H,12-17H2,1-3H3,(H,27,28,29). The van der Waals surface area contributed by atoms with Crippen molar-refractivity contribution >= 4 is 22.7 Å². The van der Waals surface area contributed by atoms with Crippen LogP contribution in [0.25, 0.3) is 10.9 Å². The molecule has 0 aliphatic heterocycles. The van der Waals surface area contributed by atoms with Crippen LogP contribution in [0.1, 0.15) is 31.2 Å². The molecule has 0 saturated heterocycles. The lowest BCUT2D eigenvalue weighted by Crippen LogP contribution is -2.38. The van der Waals surface area contributed by atoms with Gasteiger partial charge in [0.25, 0.3) is 0 Å². The van der Waals surface area contributed by atoms with Crippen molar-refractivity contribution in [2.75, 3.05) is 38.0 Å². The van der Waals surface area contributed by atoms with Crippen molar-refractivity contribution in [3.63, 3.8) is 0 Å². The van der Waals surface area contributed by atoms with E-state index in [0.29, 0.717) is 12.1 Å². The molecule has 2 aromatic carbocycles. The molecule has 1 saturated carbocycles. The van der Waals surface area contributed by atoms with Crippen molar-refractivity contribution < 1.29 is 4.74 Å². The number of anilines is 2. The predicted octanol–water partition coefficient (Wildman–Crippen LogP) is 4.26. The topological polar surface area (TPSA) is 62.3 Å². The van der Waals surface area contributed by atoms with Crippen LogP contribution in [-0.2, 0) is 6.42 Å². The monoisotopic (exact) mass is 419 g/mol. The highest BCUT2D eigenvalue weighted by Gasteiger charge is 2.22. The third kappa shape index (κ3) is 5.25. The Labute approximate surface area is 185 Å². The van der Waals surface area contributed by atoms with Crippen LogP contribution in [0.5, 0.6) is 5.75 Å². The molecule has 2 N–H and O–H groups in total. The van der Waals surface area contributed by atoms with Gasteiger partial charge in [0.05, 0.1) is 12.6 Å². The normalized spacial score (nSPS) is 18.7. The molecule has 0 spiro atoms. The summed E-state index contributed by atoms with van der Waals surface area (Å²) in [5.41, 5.74) is 2.24. The van der Waals surface area contributed by atoms with E-state index < -0.39 is 0 Å². The Kier molecular flexibility index (Phi) is 6.87. The van der Waals surface area contributed by atoms with Gasteiger partial charge in [-0.3, -0.25) is 0 Å². The van der Waals surface area contributed by atoms with E-state index in [9.17, 15) is 0 Å². The highest BCUT2D eigenvalue weighted by atomic mass is 16.5. The van der Waals surface area contributed by atoms with Crippen LogP contribution in [0, 0.1) is 0 Å². The summed E-state index contributed by atoms with van der Waals surface area (Å²) in [5.74, 6) is 2.67. The summed E-state index contributed by atoms with van der Waals surface area (Å²) in [6.07, 6.45) is 5.56. The van der Waals surface area contributed by atoms with Crippen LogP contribution in [0.4, 0.5) is 11.8 Å². The number of nitrogens with zero attached hydrogens (tertiary/aromatic N) is 3. The molecular weight excluding hydrogens is 386 g/mol. The van der Waals surface area contributed by atoms with Crippen LogP contribution < -0.4 is 20.3 Å². The number of fused-ring (bicyclic) bond motifs is 1. The van der Waals surface area contributed by atoms with Gasteiger partial charge >= 0.3 is 0 Å². The van der Waals surface area contributed by atoms with Gasteiger partial charge in [0.15, 0.2) is 0 Å². The second kappa shape index (κ2) is 9.96. The van der Waals surface area contributed by atoms with Gasteiger partial charge in [-0.05, 0) is 62.4 Å². The number of methoxy groups -OCH3 is 1. The number of ether oxygens (including phenoxy) is 1. The van der Waals surface area contributed by atoms with Gasteiger partial charge in [0.1, 0.15) is 11.6 Å². The molecule has 164 valence electrons. The summed E-state index contributed by atoms with van der Waals surface area (Å²) in [7, 11) is 5.79. The van der Waals surface area contributed by atoms with Gasteiger partial charge in [0.2, 0.25) is 5.95 Å². The third-order valence-electron chi connectivity index (χ3n) is 6.09. The number of hydrogen-bond acceptors (Lipinski definition) is 6. The molecule has 6 heteroatoms. The number of hydrogen-bond donors (Lipinski definition) is 2. The number of nitrogens with one attached hydrogen (secondary N) is 2. The summed E-state index contributed by atoms with van der Waals surface area (Å²) in [6, 6.07) is 17.5. The fourth-order valence-corrected chi connectivity index (χ4v) is 4.41. The van der Waals surface area contributed by atoms with Gasteiger partial charge < -0.3 is 20.3 Å². The van der Waals surface area contributed by atoms with Gasteiger partial charge in [-0.25, -0.2) is 4.98 Å². The van der Waals surface area contributed by atoms with Gasteiger partial charge in [-0.2, -0.15) is 4.98 Å². The summed E-state index contributed by atoms with van der Waals surface area (Å²) in [5, 5.41) is 8.41. The van der Waals surface area contributed by atoms with E-state index >= 15 is 0 Å². The molecule has 1 aliphatic carbocycles. The van der Waals surface area contributed by atoms with Crippen molar-refractivity contribution in [1.82, 2.24) is 15.3 Å². The summed E-state index contributed by atoms with van der Waals surface area (Å²) in [4.78, 5) is 11.6. The average Bonchev–Trinajstić information content (AvgIpc) is 2.80. The van der Waals surface area contributed by atoms with Crippen molar-refractivity contribution in [3.8, 4) is 5.75 Å². The lowest BCUT2D eigenvalue weighted by molar-refractivity contribution is 0.354. The maximum Gasteiger partial charge on any atom is 0.225 e. The van der Waals surface area contributed by atoms with Crippen molar-refractivity contribution in [2.24, 2.45) is 0 Å². The van der Waals surface area contributed by atoms with Gasteiger partial charge in [-0.1, -0.05) is 30.3 Å². The first kappa shape index (κ1) is 21.4. The second-order valence-electron chi connectivity index (χ2n) is 8.49. The Morgan fingerprint density at radius 3 is 2.42 bits per heavy atom. The summed E-state index contributed by atoms with van der Waals surface area (Å²) >= 11 is 0. The molecule has 4 rings (SSSR count). The zero-order valence-electron chi connectivity index (χ0n) is 18.8. The molecule has 0 unspecified atom stereocenters. The quantitative estimate of drug-likeness (QED) is 0.569. The number of para-hydroxylation sites is 2. The largest absolute Gasteiger partial charge is 0.496 e. The van der Waals surface area contributed by atoms with E-state index in [1.54, 1.807) is 7.11 Å². The van der Waals surface area contributed by atoms with Crippen molar-refractivity contribution in [3.05, 3.63) is 54.1 Å². The lowest BCUT2D eigenvalue weighted by Gasteiger charge is -2.30. The molecular formula is C25H33N5O. The van der Waals surface area contributed by atoms with Crippen LogP contribution in [0.2, 0.25) is 0 Å². The van der Waals surface area contributed by atoms with Crippen LogP contribution in [0.3, 0.4) is 0 Å². The van der Waals surface area contributed by atoms with Gasteiger partial charge in [0, 0.05) is 31.6 Å². The first-order chi connectivity index (χ1) is 15.1. The summed E-state index contributed by atoms with van der Waals surface area (Å²) < 4.78 is 5.46. The minimum absolute atomic E-state index is 0.420. The highest BCUT2D eigenvalue weighted by Crippen LogP contribution is 2.26. The maximum atomic E-state index is 5.46. The van der Waals surface area contributed by atoms with E-state index in [2.05, 4.69) is 39.8 Å². The Bertz CT molecular complexity index is 998. The van der Waals surface area contributed by atoms with Crippen molar-refractivity contribution in [2.45, 2.75) is 44.2 Å². The first-order valence-corrected chi connectivity index (χ1v) is 11.2. The molecule has 1 aliphatic rings. The smallest absolute Gasteiger partial charge is 0.225 e. The third-order valence-corrected chi connectivity index (χ3v) is 6.09. The number of benzene rings is 2. The first-order valence-electron chi connectivity index (χ1n) is 11.2. The molecule has 0 atom stereocenters. The molecule has 1 fully saturated rings. The minimum Gasteiger partial charge on any atom is -0.496 e. The molecule has 0 amide bonds. The SMILES string of the molecule is COc1ccccc1CCNC1CCC(Nc2nc(N(C)C)c3ccccc3n2)CC1.